The molecule has 0 radical (unpaired) electrons. The lowest BCUT2D eigenvalue weighted by atomic mass is 9.78. The van der Waals surface area contributed by atoms with Gasteiger partial charge in [0.25, 0.3) is 0 Å². The summed E-state index contributed by atoms with van der Waals surface area (Å²) in [7, 11) is 0. The lowest BCUT2D eigenvalue weighted by Crippen LogP contribution is -2.59. The summed E-state index contributed by atoms with van der Waals surface area (Å²) in [5.74, 6) is 0. The van der Waals surface area contributed by atoms with E-state index in [-0.39, 0.29) is 5.54 Å². The first-order chi connectivity index (χ1) is 5.66. The molecule has 3 nitrogen and oxygen atoms in total. The Hall–Kier alpha value is -0.120. The summed E-state index contributed by atoms with van der Waals surface area (Å²) in [6, 6.07) is 0. The molecule has 3 heteroatoms. The molecule has 1 unspecified atom stereocenters. The molecule has 0 bridgehead atoms. The predicted molar refractivity (Wildman–Crippen MR) is 45.8 cm³/mol. The Morgan fingerprint density at radius 3 is 2.33 bits per heavy atom. The summed E-state index contributed by atoms with van der Waals surface area (Å²) in [5, 5.41) is 10.2. The first-order valence-corrected chi connectivity index (χ1v) is 4.75. The summed E-state index contributed by atoms with van der Waals surface area (Å²) in [5.41, 5.74) is 5.08. The maximum atomic E-state index is 10.2. The van der Waals surface area contributed by atoms with E-state index in [1.165, 1.54) is 0 Å². The van der Waals surface area contributed by atoms with E-state index in [0.717, 1.165) is 25.7 Å². The zero-order valence-corrected chi connectivity index (χ0v) is 7.38. The van der Waals surface area contributed by atoms with Gasteiger partial charge in [-0.05, 0) is 12.8 Å². The van der Waals surface area contributed by atoms with Crippen molar-refractivity contribution in [1.82, 2.24) is 0 Å². The molecule has 0 aromatic heterocycles. The summed E-state index contributed by atoms with van der Waals surface area (Å²) in [6.07, 6.45) is 4.92. The van der Waals surface area contributed by atoms with Gasteiger partial charge in [0.1, 0.15) is 5.60 Å². The van der Waals surface area contributed by atoms with Crippen LogP contribution in [0.1, 0.15) is 32.1 Å². The summed E-state index contributed by atoms with van der Waals surface area (Å²) in [4.78, 5) is 0. The van der Waals surface area contributed by atoms with Crippen LogP contribution in [0, 0.1) is 0 Å². The van der Waals surface area contributed by atoms with Gasteiger partial charge in [0.15, 0.2) is 0 Å². The normalized spacial score (nSPS) is 40.5. The fourth-order valence-corrected chi connectivity index (χ4v) is 2.42. The van der Waals surface area contributed by atoms with Gasteiger partial charge in [-0.3, -0.25) is 0 Å². The monoisotopic (exact) mass is 171 g/mol. The SMILES string of the molecule is NC1(C2(O)CCOC2)CCCC1. The molecule has 0 spiro atoms. The number of nitrogens with two attached hydrogens (primary N) is 1. The van der Waals surface area contributed by atoms with E-state index < -0.39 is 5.60 Å². The van der Waals surface area contributed by atoms with Crippen LogP contribution in [0.3, 0.4) is 0 Å². The lowest BCUT2D eigenvalue weighted by Gasteiger charge is -2.38. The van der Waals surface area contributed by atoms with E-state index in [1.807, 2.05) is 0 Å². The van der Waals surface area contributed by atoms with Gasteiger partial charge < -0.3 is 15.6 Å². The highest BCUT2D eigenvalue weighted by Crippen LogP contribution is 2.40. The van der Waals surface area contributed by atoms with Crippen LogP contribution in [-0.4, -0.2) is 29.5 Å². The van der Waals surface area contributed by atoms with E-state index in [9.17, 15) is 5.11 Å². The van der Waals surface area contributed by atoms with E-state index >= 15 is 0 Å². The second-order valence-electron chi connectivity index (χ2n) is 4.20. The van der Waals surface area contributed by atoms with Gasteiger partial charge >= 0.3 is 0 Å². The van der Waals surface area contributed by atoms with Gasteiger partial charge in [0, 0.05) is 18.6 Å². The van der Waals surface area contributed by atoms with Crippen molar-refractivity contribution in [2.75, 3.05) is 13.2 Å². The van der Waals surface area contributed by atoms with E-state index in [4.69, 9.17) is 10.5 Å². The number of aliphatic hydroxyl groups is 1. The minimum atomic E-state index is -0.733. The summed E-state index contributed by atoms with van der Waals surface area (Å²) < 4.78 is 5.21. The maximum absolute atomic E-state index is 10.2. The number of rotatable bonds is 1. The summed E-state index contributed by atoms with van der Waals surface area (Å²) >= 11 is 0. The minimum absolute atomic E-state index is 0.358. The molecular formula is C9H17NO2. The van der Waals surface area contributed by atoms with E-state index in [0.29, 0.717) is 19.6 Å². The van der Waals surface area contributed by atoms with Crippen molar-refractivity contribution in [1.29, 1.82) is 0 Å². The largest absolute Gasteiger partial charge is 0.385 e. The van der Waals surface area contributed by atoms with Crippen molar-refractivity contribution in [3.63, 3.8) is 0 Å². The molecule has 2 fully saturated rings. The van der Waals surface area contributed by atoms with Crippen LogP contribution in [-0.2, 0) is 4.74 Å². The molecule has 1 saturated heterocycles. The van der Waals surface area contributed by atoms with Crippen molar-refractivity contribution in [3.05, 3.63) is 0 Å². The smallest absolute Gasteiger partial charge is 0.108 e. The van der Waals surface area contributed by atoms with Crippen molar-refractivity contribution >= 4 is 0 Å². The fourth-order valence-electron chi connectivity index (χ4n) is 2.42. The summed E-state index contributed by atoms with van der Waals surface area (Å²) in [6.45, 7) is 1.10. The molecule has 1 atom stereocenters. The van der Waals surface area contributed by atoms with Crippen LogP contribution >= 0.6 is 0 Å². The maximum Gasteiger partial charge on any atom is 0.108 e. The van der Waals surface area contributed by atoms with Crippen molar-refractivity contribution in [2.45, 2.75) is 43.2 Å². The Bertz CT molecular complexity index is 149. The molecule has 70 valence electrons. The van der Waals surface area contributed by atoms with Gasteiger partial charge in [0.05, 0.1) is 6.61 Å². The van der Waals surface area contributed by atoms with Gasteiger partial charge in [-0.15, -0.1) is 0 Å². The van der Waals surface area contributed by atoms with Crippen molar-refractivity contribution < 1.29 is 9.84 Å². The molecule has 1 aliphatic heterocycles. The van der Waals surface area contributed by atoms with Crippen LogP contribution in [0.25, 0.3) is 0 Å². The molecule has 2 rings (SSSR count). The molecule has 2 aliphatic rings. The quantitative estimate of drug-likeness (QED) is 0.600. The highest BCUT2D eigenvalue weighted by molar-refractivity contribution is 5.07. The molecule has 1 heterocycles. The standard InChI is InChI=1S/C9H17NO2/c10-8(3-1-2-4-8)9(11)5-6-12-7-9/h11H,1-7,10H2. The third-order valence-electron chi connectivity index (χ3n) is 3.42. The number of ether oxygens (including phenoxy) is 1. The Morgan fingerprint density at radius 1 is 1.17 bits per heavy atom. The molecule has 1 aliphatic carbocycles. The van der Waals surface area contributed by atoms with E-state index in [2.05, 4.69) is 0 Å². The average Bonchev–Trinajstić information content (AvgIpc) is 2.60. The van der Waals surface area contributed by atoms with Gasteiger partial charge in [-0.25, -0.2) is 0 Å². The third-order valence-corrected chi connectivity index (χ3v) is 3.42. The topological polar surface area (TPSA) is 55.5 Å². The average molecular weight is 171 g/mol. The van der Waals surface area contributed by atoms with Crippen LogP contribution < -0.4 is 5.73 Å². The molecular weight excluding hydrogens is 154 g/mol. The first-order valence-electron chi connectivity index (χ1n) is 4.75. The predicted octanol–water partition coefficient (Wildman–Crippen LogP) is 0.409. The van der Waals surface area contributed by atoms with E-state index in [1.54, 1.807) is 0 Å². The highest BCUT2D eigenvalue weighted by Gasteiger charge is 2.51. The molecule has 1 saturated carbocycles. The van der Waals surface area contributed by atoms with Crippen molar-refractivity contribution in [2.24, 2.45) is 5.73 Å². The van der Waals surface area contributed by atoms with Gasteiger partial charge in [-0.1, -0.05) is 12.8 Å². The van der Waals surface area contributed by atoms with Gasteiger partial charge in [-0.2, -0.15) is 0 Å². The van der Waals surface area contributed by atoms with Gasteiger partial charge in [0.2, 0.25) is 0 Å². The first kappa shape index (κ1) is 8.48. The molecule has 0 aromatic rings. The Morgan fingerprint density at radius 2 is 1.83 bits per heavy atom. The molecule has 0 amide bonds. The highest BCUT2D eigenvalue weighted by atomic mass is 16.5. The molecule has 12 heavy (non-hydrogen) atoms. The molecule has 0 aromatic carbocycles. The van der Waals surface area contributed by atoms with Crippen LogP contribution in [0.15, 0.2) is 0 Å². The van der Waals surface area contributed by atoms with Crippen LogP contribution in [0.4, 0.5) is 0 Å². The Kier molecular flexibility index (Phi) is 1.90. The molecule has 3 N–H and O–H groups in total. The zero-order chi connectivity index (χ0) is 8.66. The van der Waals surface area contributed by atoms with Crippen LogP contribution in [0.5, 0.6) is 0 Å². The van der Waals surface area contributed by atoms with Crippen LogP contribution in [0.2, 0.25) is 0 Å². The lowest BCUT2D eigenvalue weighted by molar-refractivity contribution is -0.0387. The van der Waals surface area contributed by atoms with Crippen molar-refractivity contribution in [3.8, 4) is 0 Å². The number of hydrogen-bond donors (Lipinski definition) is 2. The fraction of sp³-hybridized carbons (Fsp3) is 1.00. The second-order valence-corrected chi connectivity index (χ2v) is 4.20. The zero-order valence-electron chi connectivity index (χ0n) is 7.38. The second kappa shape index (κ2) is 2.69. The minimum Gasteiger partial charge on any atom is -0.385 e. The number of hydrogen-bond acceptors (Lipinski definition) is 3. The Labute approximate surface area is 72.9 Å². The third kappa shape index (κ3) is 1.08. The Balaban J connectivity index is 2.14.